The molecule has 5 nitrogen and oxygen atoms in total. The molecule has 0 bridgehead atoms. The minimum absolute atomic E-state index is 0.322. The minimum Gasteiger partial charge on any atom is -0.388 e. The third kappa shape index (κ3) is 2.87. The van der Waals surface area contributed by atoms with E-state index in [1.807, 2.05) is 4.68 Å². The lowest BCUT2D eigenvalue weighted by Crippen LogP contribution is -2.20. The highest BCUT2D eigenvalue weighted by Gasteiger charge is 2.22. The Morgan fingerprint density at radius 3 is 2.78 bits per heavy atom. The van der Waals surface area contributed by atoms with E-state index in [4.69, 9.17) is 22.7 Å². The molecule has 2 rings (SSSR count). The van der Waals surface area contributed by atoms with Crippen molar-refractivity contribution < 1.29 is 4.74 Å². The predicted octanol–water partition coefficient (Wildman–Crippen LogP) is 1.61. The SMILES string of the molecule is COCCc1c(C(N)=S)nnn1C1CCCCC1. The van der Waals surface area contributed by atoms with Gasteiger partial charge in [-0.2, -0.15) is 0 Å². The van der Waals surface area contributed by atoms with Gasteiger partial charge >= 0.3 is 0 Å². The molecule has 0 unspecified atom stereocenters. The molecule has 1 saturated carbocycles. The van der Waals surface area contributed by atoms with E-state index in [9.17, 15) is 0 Å². The van der Waals surface area contributed by atoms with Crippen molar-refractivity contribution in [2.75, 3.05) is 13.7 Å². The molecular formula is C12H20N4OS. The van der Waals surface area contributed by atoms with E-state index < -0.39 is 0 Å². The van der Waals surface area contributed by atoms with Gasteiger partial charge in [-0.1, -0.05) is 36.7 Å². The van der Waals surface area contributed by atoms with Crippen LogP contribution in [0.5, 0.6) is 0 Å². The van der Waals surface area contributed by atoms with E-state index in [0.29, 0.717) is 23.3 Å². The van der Waals surface area contributed by atoms with E-state index in [1.54, 1.807) is 7.11 Å². The molecule has 0 atom stereocenters. The second kappa shape index (κ2) is 6.24. The highest BCUT2D eigenvalue weighted by atomic mass is 32.1. The Morgan fingerprint density at radius 1 is 1.44 bits per heavy atom. The van der Waals surface area contributed by atoms with Gasteiger partial charge in [-0.15, -0.1) is 5.10 Å². The number of hydrogen-bond donors (Lipinski definition) is 1. The zero-order valence-electron chi connectivity index (χ0n) is 10.8. The topological polar surface area (TPSA) is 66.0 Å². The lowest BCUT2D eigenvalue weighted by atomic mass is 9.95. The summed E-state index contributed by atoms with van der Waals surface area (Å²) in [6, 6.07) is 0.446. The fourth-order valence-corrected chi connectivity index (χ4v) is 2.71. The summed E-state index contributed by atoms with van der Waals surface area (Å²) in [4.78, 5) is 0.322. The first-order chi connectivity index (χ1) is 8.74. The van der Waals surface area contributed by atoms with Crippen molar-refractivity contribution in [2.45, 2.75) is 44.6 Å². The van der Waals surface area contributed by atoms with Crippen LogP contribution in [-0.4, -0.2) is 33.7 Å². The average molecular weight is 268 g/mol. The summed E-state index contributed by atoms with van der Waals surface area (Å²) in [5, 5.41) is 8.39. The molecule has 0 spiro atoms. The van der Waals surface area contributed by atoms with E-state index in [0.717, 1.165) is 12.1 Å². The van der Waals surface area contributed by atoms with Crippen LogP contribution < -0.4 is 5.73 Å². The maximum Gasteiger partial charge on any atom is 0.143 e. The number of nitrogens with zero attached hydrogens (tertiary/aromatic N) is 3. The smallest absolute Gasteiger partial charge is 0.143 e. The molecule has 1 heterocycles. The maximum absolute atomic E-state index is 5.70. The summed E-state index contributed by atoms with van der Waals surface area (Å²) in [6.07, 6.45) is 6.93. The van der Waals surface area contributed by atoms with Crippen molar-refractivity contribution in [1.82, 2.24) is 15.0 Å². The molecule has 0 saturated heterocycles. The highest BCUT2D eigenvalue weighted by Crippen LogP contribution is 2.29. The number of rotatable bonds is 5. The van der Waals surface area contributed by atoms with Gasteiger partial charge in [-0.3, -0.25) is 0 Å². The molecule has 1 aliphatic carbocycles. The molecule has 1 aromatic rings. The summed E-state index contributed by atoms with van der Waals surface area (Å²) < 4.78 is 7.16. The number of hydrogen-bond acceptors (Lipinski definition) is 4. The predicted molar refractivity (Wildman–Crippen MR) is 73.6 cm³/mol. The van der Waals surface area contributed by atoms with Crippen LogP contribution in [-0.2, 0) is 11.2 Å². The molecule has 0 radical (unpaired) electrons. The van der Waals surface area contributed by atoms with Gasteiger partial charge in [0.1, 0.15) is 10.7 Å². The van der Waals surface area contributed by atoms with Crippen molar-refractivity contribution in [3.05, 3.63) is 11.4 Å². The molecule has 2 N–H and O–H groups in total. The van der Waals surface area contributed by atoms with Crippen molar-refractivity contribution in [3.63, 3.8) is 0 Å². The maximum atomic E-state index is 5.70. The van der Waals surface area contributed by atoms with Crippen LogP contribution in [0.1, 0.15) is 49.5 Å². The van der Waals surface area contributed by atoms with E-state index >= 15 is 0 Å². The number of aromatic nitrogens is 3. The Labute approximate surface area is 113 Å². The Bertz CT molecular complexity index is 412. The molecule has 100 valence electrons. The van der Waals surface area contributed by atoms with Crippen molar-refractivity contribution in [1.29, 1.82) is 0 Å². The van der Waals surface area contributed by atoms with E-state index in [2.05, 4.69) is 10.3 Å². The van der Waals surface area contributed by atoms with Crippen molar-refractivity contribution >= 4 is 17.2 Å². The Kier molecular flexibility index (Phi) is 4.66. The van der Waals surface area contributed by atoms with Crippen LogP contribution in [0.3, 0.4) is 0 Å². The van der Waals surface area contributed by atoms with Crippen LogP contribution in [0.2, 0.25) is 0 Å². The van der Waals surface area contributed by atoms with Gasteiger partial charge in [0.05, 0.1) is 18.3 Å². The molecule has 1 fully saturated rings. The molecule has 0 amide bonds. The molecule has 1 aliphatic rings. The van der Waals surface area contributed by atoms with Gasteiger partial charge in [0.2, 0.25) is 0 Å². The Hall–Kier alpha value is -1.01. The molecular weight excluding hydrogens is 248 g/mol. The molecule has 0 aromatic carbocycles. The van der Waals surface area contributed by atoms with Crippen LogP contribution >= 0.6 is 12.2 Å². The van der Waals surface area contributed by atoms with Crippen LogP contribution in [0.15, 0.2) is 0 Å². The van der Waals surface area contributed by atoms with Gasteiger partial charge in [-0.25, -0.2) is 4.68 Å². The monoisotopic (exact) mass is 268 g/mol. The zero-order valence-corrected chi connectivity index (χ0v) is 11.6. The molecule has 0 aliphatic heterocycles. The number of methoxy groups -OCH3 is 1. The van der Waals surface area contributed by atoms with Crippen LogP contribution in [0.4, 0.5) is 0 Å². The number of thiocarbonyl (C=S) groups is 1. The minimum atomic E-state index is 0.322. The largest absolute Gasteiger partial charge is 0.388 e. The van der Waals surface area contributed by atoms with E-state index in [-0.39, 0.29) is 0 Å². The quantitative estimate of drug-likeness (QED) is 0.822. The molecule has 6 heteroatoms. The van der Waals surface area contributed by atoms with Crippen molar-refractivity contribution in [3.8, 4) is 0 Å². The first-order valence-corrected chi connectivity index (χ1v) is 6.87. The Balaban J connectivity index is 2.24. The second-order valence-corrected chi connectivity index (χ2v) is 5.17. The van der Waals surface area contributed by atoms with Gasteiger partial charge in [0, 0.05) is 13.5 Å². The summed E-state index contributed by atoms with van der Waals surface area (Å²) in [6.45, 7) is 0.635. The first kappa shape index (κ1) is 13.4. The van der Waals surface area contributed by atoms with Gasteiger partial charge in [0.15, 0.2) is 0 Å². The fraction of sp³-hybridized carbons (Fsp3) is 0.750. The molecule has 1 aromatic heterocycles. The van der Waals surface area contributed by atoms with Crippen LogP contribution in [0.25, 0.3) is 0 Å². The standard InChI is InChI=1S/C12H20N4OS/c1-17-8-7-10-11(12(13)18)14-15-16(10)9-5-3-2-4-6-9/h9H,2-8H2,1H3,(H2,13,18). The highest BCUT2D eigenvalue weighted by molar-refractivity contribution is 7.80. The summed E-state index contributed by atoms with van der Waals surface area (Å²) >= 11 is 5.04. The average Bonchev–Trinajstić information content (AvgIpc) is 2.81. The first-order valence-electron chi connectivity index (χ1n) is 6.47. The number of ether oxygens (including phenoxy) is 1. The summed E-state index contributed by atoms with van der Waals surface area (Å²) in [7, 11) is 1.69. The lowest BCUT2D eigenvalue weighted by Gasteiger charge is -2.23. The third-order valence-corrected chi connectivity index (χ3v) is 3.68. The summed E-state index contributed by atoms with van der Waals surface area (Å²) in [5.74, 6) is 0. The van der Waals surface area contributed by atoms with Crippen LogP contribution in [0, 0.1) is 0 Å². The fourth-order valence-electron chi connectivity index (χ4n) is 2.56. The van der Waals surface area contributed by atoms with Gasteiger partial charge < -0.3 is 10.5 Å². The molecule has 18 heavy (non-hydrogen) atoms. The lowest BCUT2D eigenvalue weighted by molar-refractivity contribution is 0.198. The number of nitrogens with two attached hydrogens (primary N) is 1. The second-order valence-electron chi connectivity index (χ2n) is 4.73. The third-order valence-electron chi connectivity index (χ3n) is 3.49. The zero-order chi connectivity index (χ0) is 13.0. The van der Waals surface area contributed by atoms with E-state index in [1.165, 1.54) is 32.1 Å². The summed E-state index contributed by atoms with van der Waals surface area (Å²) in [5.41, 5.74) is 7.39. The normalized spacial score (nSPS) is 16.9. The van der Waals surface area contributed by atoms with Gasteiger partial charge in [-0.05, 0) is 12.8 Å². The van der Waals surface area contributed by atoms with Crippen molar-refractivity contribution in [2.24, 2.45) is 5.73 Å². The van der Waals surface area contributed by atoms with Gasteiger partial charge in [0.25, 0.3) is 0 Å². The Morgan fingerprint density at radius 2 is 2.17 bits per heavy atom.